The lowest BCUT2D eigenvalue weighted by Crippen LogP contribution is -2.12. The molecule has 1 aliphatic rings. The summed E-state index contributed by atoms with van der Waals surface area (Å²) in [5, 5.41) is 0. The van der Waals surface area contributed by atoms with Gasteiger partial charge in [-0.25, -0.2) is 0 Å². The smallest absolute Gasteiger partial charge is 0.125 e. The Morgan fingerprint density at radius 3 is 2.39 bits per heavy atom. The molecule has 0 N–H and O–H groups in total. The van der Waals surface area contributed by atoms with Gasteiger partial charge in [-0.3, -0.25) is 0 Å². The monoisotopic (exact) mass is 246 g/mol. The fourth-order valence-corrected chi connectivity index (χ4v) is 2.77. The van der Waals surface area contributed by atoms with Gasteiger partial charge < -0.3 is 9.53 Å². The summed E-state index contributed by atoms with van der Waals surface area (Å²) in [6.07, 6.45) is 7.77. The van der Waals surface area contributed by atoms with Crippen LogP contribution in [0.3, 0.4) is 0 Å². The van der Waals surface area contributed by atoms with Crippen LogP contribution in [-0.2, 0) is 11.2 Å². The van der Waals surface area contributed by atoms with Crippen LogP contribution in [0.5, 0.6) is 5.75 Å². The van der Waals surface area contributed by atoms with Gasteiger partial charge in [0.05, 0.1) is 6.10 Å². The third-order valence-electron chi connectivity index (χ3n) is 3.66. The van der Waals surface area contributed by atoms with Gasteiger partial charge in [0.2, 0.25) is 0 Å². The van der Waals surface area contributed by atoms with E-state index in [1.807, 2.05) is 0 Å². The first-order valence-corrected chi connectivity index (χ1v) is 6.91. The molecule has 1 aliphatic carbocycles. The molecule has 0 heterocycles. The molecule has 0 bridgehead atoms. The van der Waals surface area contributed by atoms with Gasteiger partial charge in [0.1, 0.15) is 12.0 Å². The Morgan fingerprint density at radius 1 is 1.22 bits per heavy atom. The summed E-state index contributed by atoms with van der Waals surface area (Å²) < 4.78 is 6.13. The first-order valence-electron chi connectivity index (χ1n) is 6.91. The average Bonchev–Trinajstić information content (AvgIpc) is 2.84. The maximum absolute atomic E-state index is 10.4. The van der Waals surface area contributed by atoms with Crippen LogP contribution in [0.4, 0.5) is 0 Å². The number of aryl methyl sites for hydroxylation is 3. The Morgan fingerprint density at radius 2 is 1.83 bits per heavy atom. The summed E-state index contributed by atoms with van der Waals surface area (Å²) in [6, 6.07) is 4.31. The van der Waals surface area contributed by atoms with E-state index in [1.165, 1.54) is 42.4 Å². The Hall–Kier alpha value is -1.31. The summed E-state index contributed by atoms with van der Waals surface area (Å²) in [5.74, 6) is 1.05. The zero-order valence-corrected chi connectivity index (χ0v) is 11.4. The SMILES string of the molecule is Cc1cc(CCC=O)cc(C)c1OC1CCCC1. The third-order valence-corrected chi connectivity index (χ3v) is 3.66. The maximum Gasteiger partial charge on any atom is 0.125 e. The highest BCUT2D eigenvalue weighted by molar-refractivity contribution is 5.51. The van der Waals surface area contributed by atoms with Crippen molar-refractivity contribution < 1.29 is 9.53 Å². The number of hydrogen-bond donors (Lipinski definition) is 0. The lowest BCUT2D eigenvalue weighted by Gasteiger charge is -2.18. The van der Waals surface area contributed by atoms with E-state index in [0.29, 0.717) is 12.5 Å². The van der Waals surface area contributed by atoms with Crippen molar-refractivity contribution in [3.8, 4) is 5.75 Å². The van der Waals surface area contributed by atoms with Crippen LogP contribution in [0.25, 0.3) is 0 Å². The van der Waals surface area contributed by atoms with E-state index in [9.17, 15) is 4.79 Å². The van der Waals surface area contributed by atoms with Crippen molar-refractivity contribution in [2.75, 3.05) is 0 Å². The van der Waals surface area contributed by atoms with E-state index in [4.69, 9.17) is 4.74 Å². The molecule has 1 aromatic rings. The van der Waals surface area contributed by atoms with Gasteiger partial charge in [-0.15, -0.1) is 0 Å². The number of ether oxygens (including phenoxy) is 1. The summed E-state index contributed by atoms with van der Waals surface area (Å²) in [4.78, 5) is 10.4. The lowest BCUT2D eigenvalue weighted by atomic mass is 10.0. The van der Waals surface area contributed by atoms with Crippen molar-refractivity contribution >= 4 is 6.29 Å². The zero-order valence-electron chi connectivity index (χ0n) is 11.4. The highest BCUT2D eigenvalue weighted by Gasteiger charge is 2.18. The molecule has 0 saturated heterocycles. The van der Waals surface area contributed by atoms with Crippen molar-refractivity contribution in [3.63, 3.8) is 0 Å². The van der Waals surface area contributed by atoms with E-state index in [2.05, 4.69) is 26.0 Å². The Labute approximate surface area is 109 Å². The van der Waals surface area contributed by atoms with E-state index < -0.39 is 0 Å². The zero-order chi connectivity index (χ0) is 13.0. The van der Waals surface area contributed by atoms with Crippen molar-refractivity contribution in [2.45, 2.75) is 58.5 Å². The van der Waals surface area contributed by atoms with Crippen molar-refractivity contribution in [1.29, 1.82) is 0 Å². The third kappa shape index (κ3) is 3.12. The number of hydrogen-bond acceptors (Lipinski definition) is 2. The molecule has 0 amide bonds. The highest BCUT2D eigenvalue weighted by atomic mass is 16.5. The molecule has 2 heteroatoms. The van der Waals surface area contributed by atoms with Crippen LogP contribution in [0.1, 0.15) is 48.8 Å². The number of rotatable bonds is 5. The Balaban J connectivity index is 2.12. The molecule has 0 unspecified atom stereocenters. The number of carbonyl (C=O) groups is 1. The van der Waals surface area contributed by atoms with Gasteiger partial charge in [-0.05, 0) is 62.6 Å². The molecule has 2 nitrogen and oxygen atoms in total. The molecule has 0 spiro atoms. The fourth-order valence-electron chi connectivity index (χ4n) is 2.77. The van der Waals surface area contributed by atoms with Crippen molar-refractivity contribution in [2.24, 2.45) is 0 Å². The predicted octanol–water partition coefficient (Wildman–Crippen LogP) is 3.76. The number of carbonyl (C=O) groups excluding carboxylic acids is 1. The first kappa shape index (κ1) is 13.1. The second-order valence-corrected chi connectivity index (χ2v) is 5.29. The summed E-state index contributed by atoms with van der Waals surface area (Å²) in [7, 11) is 0. The lowest BCUT2D eigenvalue weighted by molar-refractivity contribution is -0.107. The van der Waals surface area contributed by atoms with Gasteiger partial charge in [0.15, 0.2) is 0 Å². The number of aldehydes is 1. The molecule has 0 atom stereocenters. The van der Waals surface area contributed by atoms with E-state index in [-0.39, 0.29) is 0 Å². The molecule has 0 aromatic heterocycles. The summed E-state index contributed by atoms with van der Waals surface area (Å²) >= 11 is 0. The van der Waals surface area contributed by atoms with E-state index in [1.54, 1.807) is 0 Å². The fraction of sp³-hybridized carbons (Fsp3) is 0.562. The van der Waals surface area contributed by atoms with E-state index in [0.717, 1.165) is 18.5 Å². The summed E-state index contributed by atoms with van der Waals surface area (Å²) in [5.41, 5.74) is 3.63. The van der Waals surface area contributed by atoms with Gasteiger partial charge in [-0.2, -0.15) is 0 Å². The largest absolute Gasteiger partial charge is 0.490 e. The average molecular weight is 246 g/mol. The molecule has 2 rings (SSSR count). The van der Waals surface area contributed by atoms with Gasteiger partial charge in [0.25, 0.3) is 0 Å². The highest BCUT2D eigenvalue weighted by Crippen LogP contribution is 2.30. The van der Waals surface area contributed by atoms with Crippen molar-refractivity contribution in [1.82, 2.24) is 0 Å². The quantitative estimate of drug-likeness (QED) is 0.739. The van der Waals surface area contributed by atoms with Gasteiger partial charge in [0, 0.05) is 6.42 Å². The van der Waals surface area contributed by atoms with Gasteiger partial charge in [-0.1, -0.05) is 12.1 Å². The Kier molecular flexibility index (Phi) is 4.40. The van der Waals surface area contributed by atoms with Crippen LogP contribution in [0, 0.1) is 13.8 Å². The minimum atomic E-state index is 0.406. The predicted molar refractivity (Wildman–Crippen MR) is 73.2 cm³/mol. The van der Waals surface area contributed by atoms with E-state index >= 15 is 0 Å². The minimum Gasteiger partial charge on any atom is -0.490 e. The van der Waals surface area contributed by atoms with Crippen LogP contribution >= 0.6 is 0 Å². The molecule has 98 valence electrons. The van der Waals surface area contributed by atoms with Crippen LogP contribution in [0.15, 0.2) is 12.1 Å². The summed E-state index contributed by atoms with van der Waals surface area (Å²) in [6.45, 7) is 4.20. The van der Waals surface area contributed by atoms with Crippen molar-refractivity contribution in [3.05, 3.63) is 28.8 Å². The molecular weight excluding hydrogens is 224 g/mol. The molecular formula is C16H22O2. The van der Waals surface area contributed by atoms with Crippen LogP contribution in [-0.4, -0.2) is 12.4 Å². The van der Waals surface area contributed by atoms with Crippen LogP contribution < -0.4 is 4.74 Å². The van der Waals surface area contributed by atoms with Crippen LogP contribution in [0.2, 0.25) is 0 Å². The standard InChI is InChI=1S/C16H22O2/c1-12-10-14(6-5-9-17)11-13(2)16(12)18-15-7-3-4-8-15/h9-11,15H,3-8H2,1-2H3. The molecule has 1 fully saturated rings. The second kappa shape index (κ2) is 6.03. The molecule has 1 aromatic carbocycles. The first-order chi connectivity index (χ1) is 8.70. The van der Waals surface area contributed by atoms with Gasteiger partial charge >= 0.3 is 0 Å². The molecule has 0 radical (unpaired) electrons. The number of benzene rings is 1. The topological polar surface area (TPSA) is 26.3 Å². The maximum atomic E-state index is 10.4. The molecule has 1 saturated carbocycles. The normalized spacial score (nSPS) is 15.9. The second-order valence-electron chi connectivity index (χ2n) is 5.29. The Bertz CT molecular complexity index is 394. The molecule has 0 aliphatic heterocycles. The minimum absolute atomic E-state index is 0.406. The molecule has 18 heavy (non-hydrogen) atoms.